The lowest BCUT2D eigenvalue weighted by molar-refractivity contribution is -0.467. The van der Waals surface area contributed by atoms with Crippen molar-refractivity contribution in [1.82, 2.24) is 10.2 Å². The second kappa shape index (κ2) is 4.48. The maximum atomic E-state index is 5.77. The van der Waals surface area contributed by atoms with Crippen molar-refractivity contribution < 1.29 is 14.2 Å². The first kappa shape index (κ1) is 11.9. The summed E-state index contributed by atoms with van der Waals surface area (Å²) in [7, 11) is 0. The molecule has 5 nitrogen and oxygen atoms in total. The molecule has 0 aliphatic carbocycles. The van der Waals surface area contributed by atoms with E-state index in [-0.39, 0.29) is 5.41 Å². The third-order valence-corrected chi connectivity index (χ3v) is 3.87. The molecule has 5 heteroatoms. The topological polar surface area (TPSA) is 43.0 Å². The fraction of sp³-hybridized carbons (Fsp3) is 1.00. The molecule has 4 aliphatic rings. The minimum Gasteiger partial charge on any atom is -0.327 e. The van der Waals surface area contributed by atoms with Gasteiger partial charge in [0.15, 0.2) is 0 Å². The molecule has 0 aromatic heterocycles. The van der Waals surface area contributed by atoms with E-state index < -0.39 is 5.97 Å². The summed E-state index contributed by atoms with van der Waals surface area (Å²) in [6.45, 7) is 9.77. The molecular formula is C12H22N2O3. The molecule has 4 saturated heterocycles. The number of fused-ring (bicyclic) bond motifs is 3. The van der Waals surface area contributed by atoms with Gasteiger partial charge in [0.25, 0.3) is 5.97 Å². The Labute approximate surface area is 102 Å². The van der Waals surface area contributed by atoms with Gasteiger partial charge in [0, 0.05) is 44.6 Å². The van der Waals surface area contributed by atoms with E-state index in [1.807, 2.05) is 0 Å². The van der Waals surface area contributed by atoms with Crippen LogP contribution in [0.4, 0.5) is 0 Å². The van der Waals surface area contributed by atoms with Gasteiger partial charge >= 0.3 is 0 Å². The number of hydrogen-bond donors (Lipinski definition) is 1. The van der Waals surface area contributed by atoms with Crippen molar-refractivity contribution >= 4 is 0 Å². The Bertz CT molecular complexity index is 254. The van der Waals surface area contributed by atoms with Crippen LogP contribution in [0.3, 0.4) is 0 Å². The van der Waals surface area contributed by atoms with Crippen molar-refractivity contribution in [2.45, 2.75) is 19.3 Å². The van der Waals surface area contributed by atoms with Gasteiger partial charge in [-0.2, -0.15) is 0 Å². The molecule has 0 spiro atoms. The van der Waals surface area contributed by atoms with Crippen molar-refractivity contribution in [2.75, 3.05) is 52.5 Å². The fourth-order valence-electron chi connectivity index (χ4n) is 2.55. The third-order valence-electron chi connectivity index (χ3n) is 3.87. The molecule has 1 N–H and O–H groups in total. The molecule has 0 aromatic carbocycles. The number of ether oxygens (including phenoxy) is 3. The summed E-state index contributed by atoms with van der Waals surface area (Å²) in [5.74, 6) is -0.747. The summed E-state index contributed by atoms with van der Waals surface area (Å²) in [4.78, 5) is 2.43. The van der Waals surface area contributed by atoms with Crippen LogP contribution in [0.1, 0.15) is 13.3 Å². The quantitative estimate of drug-likeness (QED) is 0.756. The molecule has 0 atom stereocenters. The minimum absolute atomic E-state index is 0.0663. The normalized spacial score (nSPS) is 42.9. The van der Waals surface area contributed by atoms with Crippen LogP contribution in [0, 0.1) is 5.41 Å². The highest BCUT2D eigenvalue weighted by molar-refractivity contribution is 4.85. The van der Waals surface area contributed by atoms with Crippen molar-refractivity contribution in [3.05, 3.63) is 0 Å². The van der Waals surface area contributed by atoms with Gasteiger partial charge in [-0.05, 0) is 0 Å². The summed E-state index contributed by atoms with van der Waals surface area (Å²) in [6.07, 6.45) is 0.809. The van der Waals surface area contributed by atoms with Crippen molar-refractivity contribution in [3.63, 3.8) is 0 Å². The van der Waals surface area contributed by atoms with E-state index >= 15 is 0 Å². The molecule has 4 aliphatic heterocycles. The smallest absolute Gasteiger partial charge is 0.284 e. The lowest BCUT2D eigenvalue weighted by atomic mass is 9.91. The second-order valence-electron chi connectivity index (χ2n) is 5.70. The largest absolute Gasteiger partial charge is 0.327 e. The molecule has 0 aromatic rings. The van der Waals surface area contributed by atoms with Gasteiger partial charge in [0.2, 0.25) is 0 Å². The van der Waals surface area contributed by atoms with Crippen LogP contribution in [0.15, 0.2) is 0 Å². The Morgan fingerprint density at radius 2 is 1.65 bits per heavy atom. The zero-order valence-corrected chi connectivity index (χ0v) is 10.5. The zero-order chi connectivity index (χ0) is 11.8. The first-order chi connectivity index (χ1) is 8.20. The minimum atomic E-state index is -0.747. The average molecular weight is 242 g/mol. The van der Waals surface area contributed by atoms with Gasteiger partial charge in [-0.1, -0.05) is 6.92 Å². The molecule has 17 heavy (non-hydrogen) atoms. The van der Waals surface area contributed by atoms with E-state index in [1.165, 1.54) is 0 Å². The number of nitrogens with zero attached hydrogens (tertiary/aromatic N) is 1. The van der Waals surface area contributed by atoms with E-state index in [9.17, 15) is 0 Å². The first-order valence-corrected chi connectivity index (χ1v) is 6.55. The first-order valence-electron chi connectivity index (χ1n) is 6.55. The molecule has 4 fully saturated rings. The van der Waals surface area contributed by atoms with E-state index in [0.29, 0.717) is 0 Å². The van der Waals surface area contributed by atoms with Gasteiger partial charge in [0.05, 0.1) is 19.8 Å². The van der Waals surface area contributed by atoms with Crippen LogP contribution >= 0.6 is 0 Å². The maximum Gasteiger partial charge on any atom is 0.284 e. The molecule has 4 rings (SSSR count). The van der Waals surface area contributed by atoms with E-state index in [4.69, 9.17) is 14.2 Å². The lowest BCUT2D eigenvalue weighted by Crippen LogP contribution is -2.60. The molecule has 0 unspecified atom stereocenters. The average Bonchev–Trinajstić information content (AvgIpc) is 2.40. The van der Waals surface area contributed by atoms with E-state index in [2.05, 4.69) is 17.1 Å². The van der Waals surface area contributed by atoms with Crippen molar-refractivity contribution in [1.29, 1.82) is 0 Å². The number of hydrogen-bond acceptors (Lipinski definition) is 5. The number of rotatable bonds is 3. The van der Waals surface area contributed by atoms with Gasteiger partial charge < -0.3 is 24.4 Å². The molecule has 0 saturated carbocycles. The Morgan fingerprint density at radius 1 is 1.06 bits per heavy atom. The van der Waals surface area contributed by atoms with Gasteiger partial charge in [0.1, 0.15) is 0 Å². The van der Waals surface area contributed by atoms with Gasteiger partial charge in [-0.3, -0.25) is 0 Å². The molecule has 98 valence electrons. The van der Waals surface area contributed by atoms with Crippen LogP contribution in [-0.2, 0) is 14.2 Å². The SMILES string of the molecule is CC12COC(CCN3CCNCC3)(OC1)OC2. The molecule has 2 bridgehead atoms. The highest BCUT2D eigenvalue weighted by Gasteiger charge is 2.50. The standard InChI is InChI=1S/C12H22N2O3/c1-11-8-15-12(16-9-11,17-10-11)2-5-14-6-3-13-4-7-14/h13H,2-10H2,1H3. The molecule has 0 radical (unpaired) electrons. The van der Waals surface area contributed by atoms with E-state index in [0.717, 1.165) is 59.0 Å². The highest BCUT2D eigenvalue weighted by Crippen LogP contribution is 2.39. The van der Waals surface area contributed by atoms with Gasteiger partial charge in [-0.15, -0.1) is 0 Å². The fourth-order valence-corrected chi connectivity index (χ4v) is 2.55. The summed E-state index contributed by atoms with van der Waals surface area (Å²) in [5.41, 5.74) is 0.0663. The van der Waals surface area contributed by atoms with Gasteiger partial charge in [-0.25, -0.2) is 0 Å². The summed E-state index contributed by atoms with van der Waals surface area (Å²) >= 11 is 0. The van der Waals surface area contributed by atoms with E-state index in [1.54, 1.807) is 0 Å². The summed E-state index contributed by atoms with van der Waals surface area (Å²) < 4.78 is 17.3. The summed E-state index contributed by atoms with van der Waals surface area (Å²) in [6, 6.07) is 0. The van der Waals surface area contributed by atoms with Crippen LogP contribution in [0.2, 0.25) is 0 Å². The molecule has 4 heterocycles. The number of piperazine rings is 1. The summed E-state index contributed by atoms with van der Waals surface area (Å²) in [5, 5.41) is 3.35. The molecule has 0 amide bonds. The monoisotopic (exact) mass is 242 g/mol. The van der Waals surface area contributed by atoms with Crippen LogP contribution in [0.5, 0.6) is 0 Å². The predicted molar refractivity (Wildman–Crippen MR) is 62.6 cm³/mol. The van der Waals surface area contributed by atoms with Crippen LogP contribution in [-0.4, -0.2) is 63.4 Å². The Hall–Kier alpha value is -0.200. The molecular weight excluding hydrogens is 220 g/mol. The predicted octanol–water partition coefficient (Wildman–Crippen LogP) is 0.0188. The lowest BCUT2D eigenvalue weighted by Gasteiger charge is -2.50. The zero-order valence-electron chi connectivity index (χ0n) is 10.5. The van der Waals surface area contributed by atoms with Crippen LogP contribution < -0.4 is 5.32 Å². The third kappa shape index (κ3) is 2.48. The highest BCUT2D eigenvalue weighted by atomic mass is 16.9. The maximum absolute atomic E-state index is 5.77. The Kier molecular flexibility index (Phi) is 3.13. The Morgan fingerprint density at radius 3 is 2.24 bits per heavy atom. The van der Waals surface area contributed by atoms with Crippen molar-refractivity contribution in [2.24, 2.45) is 5.41 Å². The Balaban J connectivity index is 1.51. The second-order valence-corrected chi connectivity index (χ2v) is 5.70. The number of nitrogens with one attached hydrogen (secondary N) is 1. The van der Waals surface area contributed by atoms with Crippen LogP contribution in [0.25, 0.3) is 0 Å². The van der Waals surface area contributed by atoms with Crippen molar-refractivity contribution in [3.8, 4) is 0 Å².